The van der Waals surface area contributed by atoms with E-state index in [1.807, 2.05) is 36.1 Å². The van der Waals surface area contributed by atoms with Crippen LogP contribution in [0.5, 0.6) is 5.75 Å². The van der Waals surface area contributed by atoms with Crippen LogP contribution in [0.2, 0.25) is 0 Å². The molecule has 2 aromatic rings. The molecule has 1 aliphatic rings. The SMILES string of the molecule is CCOc1ccccc1NC(=O)C1CCN(c2cc(=O)n(C)c(=O)n2C)CC1. The lowest BCUT2D eigenvalue weighted by atomic mass is 9.95. The van der Waals surface area contributed by atoms with Crippen molar-refractivity contribution in [2.45, 2.75) is 19.8 Å². The van der Waals surface area contributed by atoms with Gasteiger partial charge in [-0.15, -0.1) is 0 Å². The lowest BCUT2D eigenvalue weighted by Crippen LogP contribution is -2.44. The third kappa shape index (κ3) is 3.95. The van der Waals surface area contributed by atoms with Crippen molar-refractivity contribution < 1.29 is 9.53 Å². The smallest absolute Gasteiger partial charge is 0.332 e. The summed E-state index contributed by atoms with van der Waals surface area (Å²) in [5.74, 6) is 1.08. The van der Waals surface area contributed by atoms with Crippen LogP contribution < -0.4 is 26.2 Å². The summed E-state index contributed by atoms with van der Waals surface area (Å²) in [6, 6.07) is 8.86. The number of hydrogen-bond donors (Lipinski definition) is 1. The van der Waals surface area contributed by atoms with Crippen molar-refractivity contribution in [3.63, 3.8) is 0 Å². The van der Waals surface area contributed by atoms with Gasteiger partial charge in [-0.2, -0.15) is 0 Å². The maximum atomic E-state index is 12.7. The zero-order valence-corrected chi connectivity index (χ0v) is 16.5. The summed E-state index contributed by atoms with van der Waals surface area (Å²) in [6.07, 6.45) is 1.29. The monoisotopic (exact) mass is 386 g/mol. The molecule has 0 saturated carbocycles. The first kappa shape index (κ1) is 19.7. The standard InChI is InChI=1S/C20H26N4O4/c1-4-28-16-8-6-5-7-15(16)21-19(26)14-9-11-24(12-10-14)17-13-18(25)23(3)20(27)22(17)2/h5-8,13-14H,4,9-12H2,1-3H3,(H,21,26). The zero-order chi connectivity index (χ0) is 20.3. The van der Waals surface area contributed by atoms with Crippen LogP contribution in [-0.2, 0) is 18.9 Å². The van der Waals surface area contributed by atoms with Crippen LogP contribution in [0.3, 0.4) is 0 Å². The molecular weight excluding hydrogens is 360 g/mol. The Morgan fingerprint density at radius 2 is 1.82 bits per heavy atom. The number of nitrogens with one attached hydrogen (secondary N) is 1. The average Bonchev–Trinajstić information content (AvgIpc) is 2.71. The van der Waals surface area contributed by atoms with Crippen LogP contribution in [0.1, 0.15) is 19.8 Å². The molecular formula is C20H26N4O4. The number of carbonyl (C=O) groups excluding carboxylic acids is 1. The first-order valence-corrected chi connectivity index (χ1v) is 9.47. The quantitative estimate of drug-likeness (QED) is 0.838. The third-order valence-corrected chi connectivity index (χ3v) is 5.14. The van der Waals surface area contributed by atoms with Gasteiger partial charge >= 0.3 is 5.69 Å². The summed E-state index contributed by atoms with van der Waals surface area (Å²) in [5.41, 5.74) is -0.00822. The molecule has 2 heterocycles. The Balaban J connectivity index is 1.67. The van der Waals surface area contributed by atoms with E-state index < -0.39 is 0 Å². The average molecular weight is 386 g/mol. The van der Waals surface area contributed by atoms with Gasteiger partial charge in [-0.1, -0.05) is 12.1 Å². The van der Waals surface area contributed by atoms with E-state index in [4.69, 9.17) is 4.74 Å². The highest BCUT2D eigenvalue weighted by Crippen LogP contribution is 2.27. The van der Waals surface area contributed by atoms with Gasteiger partial charge in [0.05, 0.1) is 12.3 Å². The van der Waals surface area contributed by atoms with E-state index >= 15 is 0 Å². The predicted molar refractivity (Wildman–Crippen MR) is 108 cm³/mol. The van der Waals surface area contributed by atoms with E-state index in [0.717, 1.165) is 4.57 Å². The summed E-state index contributed by atoms with van der Waals surface area (Å²) >= 11 is 0. The number of benzene rings is 1. The summed E-state index contributed by atoms with van der Waals surface area (Å²) in [4.78, 5) is 38.8. The van der Waals surface area contributed by atoms with Crippen LogP contribution in [0, 0.1) is 5.92 Å². The maximum Gasteiger partial charge on any atom is 0.332 e. The molecule has 150 valence electrons. The Hall–Kier alpha value is -3.03. The molecule has 0 radical (unpaired) electrons. The molecule has 1 N–H and O–H groups in total. The number of piperidine rings is 1. The van der Waals surface area contributed by atoms with Crippen molar-refractivity contribution in [2.24, 2.45) is 20.0 Å². The zero-order valence-electron chi connectivity index (χ0n) is 16.5. The largest absolute Gasteiger partial charge is 0.492 e. The molecule has 8 nitrogen and oxygen atoms in total. The second-order valence-electron chi connectivity index (χ2n) is 6.92. The minimum absolute atomic E-state index is 0.0373. The van der Waals surface area contributed by atoms with Crippen LogP contribution >= 0.6 is 0 Å². The summed E-state index contributed by atoms with van der Waals surface area (Å²) in [5, 5.41) is 2.97. The molecule has 3 rings (SSSR count). The molecule has 1 fully saturated rings. The Morgan fingerprint density at radius 1 is 1.14 bits per heavy atom. The van der Waals surface area contributed by atoms with Crippen molar-refractivity contribution in [1.82, 2.24) is 9.13 Å². The number of anilines is 2. The molecule has 1 amide bonds. The summed E-state index contributed by atoms with van der Waals surface area (Å²) in [7, 11) is 3.12. The first-order valence-electron chi connectivity index (χ1n) is 9.47. The topological polar surface area (TPSA) is 85.6 Å². The highest BCUT2D eigenvalue weighted by atomic mass is 16.5. The Morgan fingerprint density at radius 3 is 2.50 bits per heavy atom. The number of rotatable bonds is 5. The number of amides is 1. The molecule has 0 bridgehead atoms. The van der Waals surface area contributed by atoms with E-state index in [2.05, 4.69) is 5.32 Å². The number of ether oxygens (including phenoxy) is 1. The van der Waals surface area contributed by atoms with Gasteiger partial charge < -0.3 is 15.0 Å². The van der Waals surface area contributed by atoms with Crippen molar-refractivity contribution in [3.8, 4) is 5.75 Å². The number of carbonyl (C=O) groups is 1. The Kier molecular flexibility index (Phi) is 5.87. The molecule has 28 heavy (non-hydrogen) atoms. The molecule has 0 unspecified atom stereocenters. The second-order valence-corrected chi connectivity index (χ2v) is 6.92. The molecule has 8 heteroatoms. The molecule has 1 aliphatic heterocycles. The van der Waals surface area contributed by atoms with E-state index in [1.54, 1.807) is 7.05 Å². The van der Waals surface area contributed by atoms with Gasteiger partial charge in [-0.05, 0) is 31.9 Å². The fourth-order valence-electron chi connectivity index (χ4n) is 3.48. The van der Waals surface area contributed by atoms with Gasteiger partial charge in [0.2, 0.25) is 5.91 Å². The molecule has 0 atom stereocenters. The highest BCUT2D eigenvalue weighted by molar-refractivity contribution is 5.94. The minimum Gasteiger partial charge on any atom is -0.492 e. The van der Waals surface area contributed by atoms with Crippen LogP contribution in [0.25, 0.3) is 0 Å². The van der Waals surface area contributed by atoms with Crippen LogP contribution in [-0.4, -0.2) is 34.7 Å². The van der Waals surface area contributed by atoms with Crippen molar-refractivity contribution >= 4 is 17.4 Å². The van der Waals surface area contributed by atoms with E-state index in [9.17, 15) is 14.4 Å². The van der Waals surface area contributed by atoms with Crippen molar-refractivity contribution in [1.29, 1.82) is 0 Å². The Bertz CT molecular complexity index is 971. The first-order chi connectivity index (χ1) is 13.4. The number of hydrogen-bond acceptors (Lipinski definition) is 5. The Labute approximate surface area is 163 Å². The molecule has 0 aliphatic carbocycles. The lowest BCUT2D eigenvalue weighted by Gasteiger charge is -2.33. The molecule has 1 aromatic heterocycles. The summed E-state index contributed by atoms with van der Waals surface area (Å²) < 4.78 is 8.11. The van der Waals surface area contributed by atoms with Gasteiger partial charge in [0, 0.05) is 39.2 Å². The van der Waals surface area contributed by atoms with Crippen LogP contribution in [0.15, 0.2) is 39.9 Å². The van der Waals surface area contributed by atoms with Gasteiger partial charge in [-0.25, -0.2) is 4.79 Å². The lowest BCUT2D eigenvalue weighted by molar-refractivity contribution is -0.120. The maximum absolute atomic E-state index is 12.7. The van der Waals surface area contributed by atoms with Gasteiger partial charge in [-0.3, -0.25) is 18.7 Å². The van der Waals surface area contributed by atoms with Crippen molar-refractivity contribution in [3.05, 3.63) is 51.2 Å². The van der Waals surface area contributed by atoms with Gasteiger partial charge in [0.25, 0.3) is 5.56 Å². The molecule has 1 saturated heterocycles. The predicted octanol–water partition coefficient (Wildman–Crippen LogP) is 1.34. The third-order valence-electron chi connectivity index (χ3n) is 5.14. The number of nitrogens with zero attached hydrogens (tertiary/aromatic N) is 3. The highest BCUT2D eigenvalue weighted by Gasteiger charge is 2.27. The van der Waals surface area contributed by atoms with E-state index in [0.29, 0.717) is 49.8 Å². The molecule has 1 aromatic carbocycles. The number of para-hydroxylation sites is 2. The van der Waals surface area contributed by atoms with E-state index in [1.165, 1.54) is 17.7 Å². The number of aromatic nitrogens is 2. The molecule has 0 spiro atoms. The normalized spacial score (nSPS) is 14.8. The van der Waals surface area contributed by atoms with Crippen LogP contribution in [0.4, 0.5) is 11.5 Å². The van der Waals surface area contributed by atoms with E-state index in [-0.39, 0.29) is 23.1 Å². The fraction of sp³-hybridized carbons (Fsp3) is 0.450. The minimum atomic E-state index is -0.352. The second kappa shape index (κ2) is 8.33. The van der Waals surface area contributed by atoms with Crippen molar-refractivity contribution in [2.75, 3.05) is 29.9 Å². The fourth-order valence-corrected chi connectivity index (χ4v) is 3.48. The van der Waals surface area contributed by atoms with Gasteiger partial charge in [0.15, 0.2) is 0 Å². The van der Waals surface area contributed by atoms with Gasteiger partial charge in [0.1, 0.15) is 11.6 Å². The summed E-state index contributed by atoms with van der Waals surface area (Å²) in [6.45, 7) is 3.64.